The Morgan fingerprint density at radius 3 is 2.53 bits per heavy atom. The fourth-order valence-corrected chi connectivity index (χ4v) is 1.67. The van der Waals surface area contributed by atoms with Crippen molar-refractivity contribution in [2.75, 3.05) is 6.54 Å². The summed E-state index contributed by atoms with van der Waals surface area (Å²) < 4.78 is 3.14. The zero-order chi connectivity index (χ0) is 11.1. The van der Waals surface area contributed by atoms with Gasteiger partial charge in [0.2, 0.25) is 6.21 Å². The fourth-order valence-electron chi connectivity index (χ4n) is 0.936. The van der Waals surface area contributed by atoms with Crippen molar-refractivity contribution in [1.82, 2.24) is 4.98 Å². The summed E-state index contributed by atoms with van der Waals surface area (Å²) in [5.41, 5.74) is 0. The van der Waals surface area contributed by atoms with Crippen LogP contribution in [0.5, 0.6) is 0 Å². The van der Waals surface area contributed by atoms with Gasteiger partial charge in [0.15, 0.2) is 6.54 Å². The van der Waals surface area contributed by atoms with E-state index in [1.807, 2.05) is 18.2 Å². The molecule has 0 saturated heterocycles. The smallest absolute Gasteiger partial charge is 0.229 e. The topological polar surface area (TPSA) is 36.1 Å². The van der Waals surface area contributed by atoms with Crippen molar-refractivity contribution in [3.8, 4) is 0 Å². The van der Waals surface area contributed by atoms with E-state index in [0.717, 1.165) is 15.4 Å². The molecule has 0 spiro atoms. The Bertz CT molecular complexity index is 363. The molecule has 1 N–H and O–H groups in total. The van der Waals surface area contributed by atoms with Crippen LogP contribution in [0.25, 0.3) is 0 Å². The first-order valence-corrected chi connectivity index (χ1v) is 5.98. The van der Waals surface area contributed by atoms with E-state index in [0.29, 0.717) is 6.54 Å². The Balaban J connectivity index is 0.000000151. The number of hydroxylamine groups is 1. The highest BCUT2D eigenvalue weighted by Crippen LogP contribution is 2.05. The second-order valence-corrected chi connectivity index (χ2v) is 4.67. The lowest BCUT2D eigenvalue weighted by Gasteiger charge is -1.95. The second-order valence-electron chi connectivity index (χ2n) is 2.84. The molecule has 0 aliphatic carbocycles. The van der Waals surface area contributed by atoms with Crippen molar-refractivity contribution >= 4 is 38.1 Å². The summed E-state index contributed by atoms with van der Waals surface area (Å²) in [5, 5.41) is 8.79. The number of allylic oxidation sites excluding steroid dienone is 1. The maximum Gasteiger partial charge on any atom is 0.229 e. The maximum absolute atomic E-state index is 8.79. The van der Waals surface area contributed by atoms with Gasteiger partial charge in [-0.1, -0.05) is 6.08 Å². The number of aromatic nitrogens is 1. The van der Waals surface area contributed by atoms with E-state index in [1.54, 1.807) is 18.6 Å². The van der Waals surface area contributed by atoms with E-state index < -0.39 is 0 Å². The van der Waals surface area contributed by atoms with Crippen LogP contribution in [0, 0.1) is 0 Å². The molecule has 1 aromatic rings. The molecule has 1 aromatic heterocycles. The van der Waals surface area contributed by atoms with Gasteiger partial charge < -0.3 is 0 Å². The molecule has 0 bridgehead atoms. The molecular weight excluding hydrogens is 324 g/mol. The summed E-state index contributed by atoms with van der Waals surface area (Å²) in [7, 11) is 0. The van der Waals surface area contributed by atoms with E-state index in [2.05, 4.69) is 36.8 Å². The van der Waals surface area contributed by atoms with Crippen molar-refractivity contribution in [3.63, 3.8) is 0 Å². The molecule has 0 radical (unpaired) electrons. The molecule has 0 saturated carbocycles. The molecule has 15 heavy (non-hydrogen) atoms. The number of rotatable bonds is 0. The maximum atomic E-state index is 8.79. The van der Waals surface area contributed by atoms with Crippen molar-refractivity contribution in [2.24, 2.45) is 0 Å². The lowest BCUT2D eigenvalue weighted by Crippen LogP contribution is -2.12. The first-order valence-electron chi connectivity index (χ1n) is 4.40. The number of halogens is 2. The number of hydrogen-bond donors (Lipinski definition) is 1. The predicted molar refractivity (Wildman–Crippen MR) is 66.5 cm³/mol. The second kappa shape index (κ2) is 6.74. The molecule has 0 unspecified atom stereocenters. The van der Waals surface area contributed by atoms with Crippen LogP contribution >= 0.6 is 31.9 Å². The molecule has 1 aliphatic rings. The molecule has 0 aromatic carbocycles. The summed E-state index contributed by atoms with van der Waals surface area (Å²) in [6, 6.07) is 3.82. The van der Waals surface area contributed by atoms with Crippen LogP contribution in [-0.4, -0.2) is 27.7 Å². The largest absolute Gasteiger partial charge is 0.291 e. The summed E-state index contributed by atoms with van der Waals surface area (Å²) in [5.74, 6) is 0. The Labute approximate surface area is 105 Å². The third-order valence-electron chi connectivity index (χ3n) is 1.60. The highest BCUT2D eigenvalue weighted by atomic mass is 79.9. The van der Waals surface area contributed by atoms with Gasteiger partial charge in [0.05, 0.1) is 4.48 Å². The van der Waals surface area contributed by atoms with Gasteiger partial charge in [0.25, 0.3) is 0 Å². The standard InChI is InChI=1S/C5H7BrNO.C5H4BrN/c6-5-2-1-3-7(8)4-5;6-5-2-1-3-7-4-5/h2,4,8H,1,3H2;1-4H/q+1;. The molecule has 0 amide bonds. The first kappa shape index (κ1) is 12.4. The first-order chi connectivity index (χ1) is 7.18. The van der Waals surface area contributed by atoms with Gasteiger partial charge in [-0.25, -0.2) is 0 Å². The van der Waals surface area contributed by atoms with Gasteiger partial charge in [0, 0.05) is 23.3 Å². The Morgan fingerprint density at radius 2 is 2.20 bits per heavy atom. The van der Waals surface area contributed by atoms with E-state index in [4.69, 9.17) is 5.21 Å². The highest BCUT2D eigenvalue weighted by Gasteiger charge is 2.05. The number of nitrogens with zero attached hydrogens (tertiary/aromatic N) is 2. The molecule has 0 atom stereocenters. The van der Waals surface area contributed by atoms with E-state index >= 15 is 0 Å². The van der Waals surface area contributed by atoms with Crippen LogP contribution in [-0.2, 0) is 0 Å². The van der Waals surface area contributed by atoms with Gasteiger partial charge in [-0.3, -0.25) is 10.2 Å². The van der Waals surface area contributed by atoms with E-state index in [1.165, 1.54) is 4.74 Å². The molecule has 3 nitrogen and oxygen atoms in total. The van der Waals surface area contributed by atoms with Crippen molar-refractivity contribution in [1.29, 1.82) is 0 Å². The number of pyridine rings is 1. The summed E-state index contributed by atoms with van der Waals surface area (Å²) in [6.07, 6.45) is 8.06. The van der Waals surface area contributed by atoms with Crippen LogP contribution in [0.1, 0.15) is 6.42 Å². The predicted octanol–water partition coefficient (Wildman–Crippen LogP) is 2.99. The summed E-state index contributed by atoms with van der Waals surface area (Å²) in [4.78, 5) is 3.84. The molecule has 0 fully saturated rings. The normalized spacial score (nSPS) is 14.5. The number of hydrogen-bond acceptors (Lipinski definition) is 2. The van der Waals surface area contributed by atoms with Gasteiger partial charge in [-0.15, -0.1) is 0 Å². The zero-order valence-corrected chi connectivity index (χ0v) is 11.1. The Morgan fingerprint density at radius 1 is 1.40 bits per heavy atom. The monoisotopic (exact) mass is 333 g/mol. The third kappa shape index (κ3) is 5.69. The Hall–Kier alpha value is -0.680. The molecular formula is C10H11Br2N2O+. The fraction of sp³-hybridized carbons (Fsp3) is 0.200. The van der Waals surface area contributed by atoms with Crippen LogP contribution < -0.4 is 0 Å². The highest BCUT2D eigenvalue weighted by molar-refractivity contribution is 9.12. The van der Waals surface area contributed by atoms with Gasteiger partial charge in [0.1, 0.15) is 0 Å². The average Bonchev–Trinajstić information content (AvgIpc) is 2.19. The van der Waals surface area contributed by atoms with Gasteiger partial charge >= 0.3 is 0 Å². The van der Waals surface area contributed by atoms with Crippen molar-refractivity contribution in [3.05, 3.63) is 39.6 Å². The van der Waals surface area contributed by atoms with Crippen molar-refractivity contribution < 1.29 is 9.95 Å². The SMILES string of the molecule is Brc1cccnc1.O[N+]1=CC(Br)=CCC1. The summed E-state index contributed by atoms with van der Waals surface area (Å²) in [6.45, 7) is 0.703. The van der Waals surface area contributed by atoms with Crippen LogP contribution in [0.3, 0.4) is 0 Å². The zero-order valence-electron chi connectivity index (χ0n) is 7.98. The lowest BCUT2D eigenvalue weighted by molar-refractivity contribution is -0.771. The van der Waals surface area contributed by atoms with E-state index in [9.17, 15) is 0 Å². The summed E-state index contributed by atoms with van der Waals surface area (Å²) >= 11 is 6.48. The minimum atomic E-state index is 0.703. The lowest BCUT2D eigenvalue weighted by atomic mass is 10.3. The van der Waals surface area contributed by atoms with Crippen LogP contribution in [0.2, 0.25) is 0 Å². The molecule has 2 heterocycles. The Kier molecular flexibility index (Phi) is 5.57. The average molecular weight is 335 g/mol. The van der Waals surface area contributed by atoms with Crippen LogP contribution in [0.4, 0.5) is 0 Å². The molecule has 2 rings (SSSR count). The molecule has 80 valence electrons. The molecule has 1 aliphatic heterocycles. The van der Waals surface area contributed by atoms with Crippen molar-refractivity contribution in [2.45, 2.75) is 6.42 Å². The van der Waals surface area contributed by atoms with E-state index in [-0.39, 0.29) is 0 Å². The van der Waals surface area contributed by atoms with Gasteiger partial charge in [-0.05, 0) is 48.7 Å². The molecule has 5 heteroatoms. The quantitative estimate of drug-likeness (QED) is 0.585. The van der Waals surface area contributed by atoms with Crippen LogP contribution in [0.15, 0.2) is 39.6 Å². The van der Waals surface area contributed by atoms with Gasteiger partial charge in [-0.2, -0.15) is 0 Å². The minimum absolute atomic E-state index is 0.703. The third-order valence-corrected chi connectivity index (χ3v) is 2.59. The minimum Gasteiger partial charge on any atom is -0.291 e.